The molecule has 0 saturated carbocycles. The number of amides is 1. The number of halogens is 1. The van der Waals surface area contributed by atoms with Crippen LogP contribution in [0.15, 0.2) is 56.8 Å². The number of rotatable bonds is 9. The number of ether oxygens (including phenoxy) is 1. The van der Waals surface area contributed by atoms with Crippen molar-refractivity contribution >= 4 is 43.2 Å². The highest BCUT2D eigenvalue weighted by Gasteiger charge is 2.37. The Balaban J connectivity index is 1.69. The molecule has 4 rings (SSSR count). The van der Waals surface area contributed by atoms with Gasteiger partial charge in [0.15, 0.2) is 5.76 Å². The van der Waals surface area contributed by atoms with E-state index in [-0.39, 0.29) is 63.9 Å². The molecule has 2 heterocycles. The SMILES string of the molecule is Cc1noc(C)c1S(=O)(=O)N(C)C[C@H]1Oc2ccc(NS(=O)(=O)c3ccc(Cl)cc3)cc2C(=O)N([C@@H](C)CO)C[C@H]1C. The second kappa shape index (κ2) is 12.2. The van der Waals surface area contributed by atoms with Crippen molar-refractivity contribution in [2.45, 2.75) is 49.6 Å². The van der Waals surface area contributed by atoms with Crippen LogP contribution in [0.3, 0.4) is 0 Å². The number of nitrogens with zero attached hydrogens (tertiary/aromatic N) is 3. The number of hydrogen-bond acceptors (Lipinski definition) is 9. The number of aromatic nitrogens is 1. The van der Waals surface area contributed by atoms with Gasteiger partial charge in [0.1, 0.15) is 22.4 Å². The zero-order valence-corrected chi connectivity index (χ0v) is 26.1. The molecule has 0 radical (unpaired) electrons. The first-order valence-electron chi connectivity index (χ1n) is 13.1. The lowest BCUT2D eigenvalue weighted by molar-refractivity contribution is 0.0387. The smallest absolute Gasteiger partial charge is 0.261 e. The molecule has 0 unspecified atom stereocenters. The standard InChI is InChI=1S/C27H33ClN4O8S2/c1-16-13-32(17(2)15-33)27(34)23-12-21(30-41(35,36)22-9-6-20(28)7-10-22)8-11-24(23)39-25(16)14-31(5)42(37,38)26-18(3)29-40-19(26)4/h6-12,16-17,25,30,33H,13-15H2,1-5H3/t16-,17+,25-/m1/s1. The van der Waals surface area contributed by atoms with E-state index < -0.39 is 38.1 Å². The van der Waals surface area contributed by atoms with E-state index in [1.165, 1.54) is 61.3 Å². The van der Waals surface area contributed by atoms with Crippen LogP contribution < -0.4 is 9.46 Å². The maximum Gasteiger partial charge on any atom is 0.261 e. The van der Waals surface area contributed by atoms with Gasteiger partial charge in [0, 0.05) is 30.2 Å². The summed E-state index contributed by atoms with van der Waals surface area (Å²) in [4.78, 5) is 15.1. The number of hydrogen-bond donors (Lipinski definition) is 2. The van der Waals surface area contributed by atoms with Crippen LogP contribution in [0.4, 0.5) is 5.69 Å². The minimum absolute atomic E-state index is 0.0202. The Morgan fingerprint density at radius 1 is 1.17 bits per heavy atom. The van der Waals surface area contributed by atoms with Crippen molar-refractivity contribution in [3.63, 3.8) is 0 Å². The number of sulfonamides is 2. The summed E-state index contributed by atoms with van der Waals surface area (Å²) in [7, 11) is -6.57. The average Bonchev–Trinajstić information content (AvgIpc) is 3.28. The molecule has 2 aromatic carbocycles. The largest absolute Gasteiger partial charge is 0.488 e. The van der Waals surface area contributed by atoms with Crippen molar-refractivity contribution in [1.29, 1.82) is 0 Å². The third-order valence-corrected chi connectivity index (χ3v) is 10.8. The van der Waals surface area contributed by atoms with Gasteiger partial charge in [0.25, 0.3) is 15.9 Å². The fourth-order valence-corrected chi connectivity index (χ4v) is 7.32. The van der Waals surface area contributed by atoms with Crippen LogP contribution in [0.5, 0.6) is 5.75 Å². The minimum atomic E-state index is -4.01. The lowest BCUT2D eigenvalue weighted by atomic mass is 9.99. The number of carbonyl (C=O) groups excluding carboxylic acids is 1. The van der Waals surface area contributed by atoms with E-state index in [0.29, 0.717) is 5.02 Å². The predicted octanol–water partition coefficient (Wildman–Crippen LogP) is 3.29. The molecule has 0 saturated heterocycles. The molecule has 3 aromatic rings. The number of aliphatic hydroxyl groups excluding tert-OH is 1. The van der Waals surface area contributed by atoms with Crippen LogP contribution in [0.25, 0.3) is 0 Å². The number of aryl methyl sites for hydroxylation is 2. The third-order valence-electron chi connectivity index (χ3n) is 7.11. The Hall–Kier alpha value is -3.17. The van der Waals surface area contributed by atoms with Crippen LogP contribution in [0.1, 0.15) is 35.7 Å². The van der Waals surface area contributed by atoms with E-state index in [0.717, 1.165) is 4.31 Å². The predicted molar refractivity (Wildman–Crippen MR) is 156 cm³/mol. The summed E-state index contributed by atoms with van der Waals surface area (Å²) in [6.45, 7) is 6.32. The first-order chi connectivity index (χ1) is 19.6. The minimum Gasteiger partial charge on any atom is -0.488 e. The number of carbonyl (C=O) groups is 1. The Kier molecular flexibility index (Phi) is 9.23. The molecule has 1 aromatic heterocycles. The number of benzene rings is 2. The average molecular weight is 641 g/mol. The van der Waals surface area contributed by atoms with E-state index >= 15 is 0 Å². The van der Waals surface area contributed by atoms with Gasteiger partial charge in [-0.15, -0.1) is 0 Å². The summed E-state index contributed by atoms with van der Waals surface area (Å²) in [5.41, 5.74) is 0.402. The van der Waals surface area contributed by atoms with Crippen LogP contribution >= 0.6 is 11.6 Å². The lowest BCUT2D eigenvalue weighted by Gasteiger charge is -2.38. The maximum absolute atomic E-state index is 13.7. The Labute approximate surface area is 250 Å². The molecule has 0 aliphatic carbocycles. The molecule has 1 amide bonds. The van der Waals surface area contributed by atoms with E-state index in [4.69, 9.17) is 20.9 Å². The third kappa shape index (κ3) is 6.42. The fraction of sp³-hybridized carbons (Fsp3) is 0.407. The molecule has 2 N–H and O–H groups in total. The van der Waals surface area contributed by atoms with Gasteiger partial charge in [-0.1, -0.05) is 23.7 Å². The maximum atomic E-state index is 13.7. The molecule has 228 valence electrons. The molecule has 3 atom stereocenters. The number of likely N-dealkylation sites (N-methyl/N-ethyl adjacent to an activating group) is 1. The van der Waals surface area contributed by atoms with Crippen molar-refractivity contribution in [1.82, 2.24) is 14.4 Å². The second-order valence-corrected chi connectivity index (χ2v) is 14.4. The number of aliphatic hydroxyl groups is 1. The van der Waals surface area contributed by atoms with Crippen LogP contribution in [-0.2, 0) is 20.0 Å². The van der Waals surface area contributed by atoms with Crippen molar-refractivity contribution < 1.29 is 36.0 Å². The van der Waals surface area contributed by atoms with Gasteiger partial charge >= 0.3 is 0 Å². The molecule has 12 nitrogen and oxygen atoms in total. The van der Waals surface area contributed by atoms with E-state index in [1.54, 1.807) is 13.8 Å². The zero-order chi connectivity index (χ0) is 31.0. The Morgan fingerprint density at radius 2 is 1.83 bits per heavy atom. The highest BCUT2D eigenvalue weighted by atomic mass is 35.5. The van der Waals surface area contributed by atoms with Gasteiger partial charge in [-0.3, -0.25) is 9.52 Å². The Morgan fingerprint density at radius 3 is 2.43 bits per heavy atom. The number of fused-ring (bicyclic) bond motifs is 1. The quantitative estimate of drug-likeness (QED) is 0.358. The molecular formula is C27H33ClN4O8S2. The van der Waals surface area contributed by atoms with Crippen LogP contribution in [-0.4, -0.2) is 81.1 Å². The van der Waals surface area contributed by atoms with E-state index in [9.17, 15) is 26.7 Å². The number of anilines is 1. The lowest BCUT2D eigenvalue weighted by Crippen LogP contribution is -2.50. The number of nitrogens with one attached hydrogen (secondary N) is 1. The monoisotopic (exact) mass is 640 g/mol. The first kappa shape index (κ1) is 31.8. The van der Waals surface area contributed by atoms with Gasteiger partial charge < -0.3 is 19.3 Å². The Bertz CT molecular complexity index is 1660. The highest BCUT2D eigenvalue weighted by molar-refractivity contribution is 7.92. The van der Waals surface area contributed by atoms with Gasteiger partial charge in [-0.25, -0.2) is 16.8 Å². The first-order valence-corrected chi connectivity index (χ1v) is 16.4. The second-order valence-electron chi connectivity index (χ2n) is 10.3. The molecule has 1 aliphatic rings. The normalized spacial score (nSPS) is 18.7. The van der Waals surface area contributed by atoms with Crippen LogP contribution in [0.2, 0.25) is 5.02 Å². The van der Waals surface area contributed by atoms with Gasteiger partial charge in [0.05, 0.1) is 29.7 Å². The zero-order valence-electron chi connectivity index (χ0n) is 23.7. The summed E-state index contributed by atoms with van der Waals surface area (Å²) in [6, 6.07) is 9.31. The van der Waals surface area contributed by atoms with E-state index in [1.807, 2.05) is 6.92 Å². The summed E-state index contributed by atoms with van der Waals surface area (Å²) in [5.74, 6) is -0.523. The molecule has 0 bridgehead atoms. The molecule has 1 aliphatic heterocycles. The van der Waals surface area contributed by atoms with Gasteiger partial charge in [0.2, 0.25) is 10.0 Å². The molecule has 42 heavy (non-hydrogen) atoms. The van der Waals surface area contributed by atoms with Gasteiger partial charge in [-0.2, -0.15) is 4.31 Å². The van der Waals surface area contributed by atoms with Crippen molar-refractivity contribution in [2.75, 3.05) is 31.5 Å². The van der Waals surface area contributed by atoms with Crippen molar-refractivity contribution in [2.24, 2.45) is 5.92 Å². The summed E-state index contributed by atoms with van der Waals surface area (Å²) in [6.07, 6.45) is -0.720. The molecular weight excluding hydrogens is 608 g/mol. The summed E-state index contributed by atoms with van der Waals surface area (Å²) >= 11 is 5.88. The highest BCUT2D eigenvalue weighted by Crippen LogP contribution is 2.32. The molecule has 0 spiro atoms. The summed E-state index contributed by atoms with van der Waals surface area (Å²) < 4.78 is 67.7. The van der Waals surface area contributed by atoms with E-state index in [2.05, 4.69) is 9.88 Å². The molecule has 15 heteroatoms. The van der Waals surface area contributed by atoms with Gasteiger partial charge in [-0.05, 0) is 63.2 Å². The van der Waals surface area contributed by atoms with Crippen LogP contribution in [0, 0.1) is 19.8 Å². The fourth-order valence-electron chi connectivity index (χ4n) is 4.68. The summed E-state index contributed by atoms with van der Waals surface area (Å²) in [5, 5.41) is 14.0. The molecule has 0 fully saturated rings. The van der Waals surface area contributed by atoms with Crippen molar-refractivity contribution in [3.05, 3.63) is 64.5 Å². The topological polar surface area (TPSA) is 159 Å². The van der Waals surface area contributed by atoms with Crippen molar-refractivity contribution in [3.8, 4) is 5.75 Å².